The summed E-state index contributed by atoms with van der Waals surface area (Å²) >= 11 is 0. The zero-order chi connectivity index (χ0) is 13.1. The van der Waals surface area contributed by atoms with Crippen LogP contribution in [0.4, 0.5) is 5.82 Å². The van der Waals surface area contributed by atoms with Gasteiger partial charge in [-0.1, -0.05) is 0 Å². The Morgan fingerprint density at radius 1 is 1.44 bits per heavy atom. The number of carbonyl (C=O) groups is 1. The molecule has 0 radical (unpaired) electrons. The van der Waals surface area contributed by atoms with Crippen LogP contribution in [0.3, 0.4) is 0 Å². The summed E-state index contributed by atoms with van der Waals surface area (Å²) < 4.78 is 1.65. The lowest BCUT2D eigenvalue weighted by Crippen LogP contribution is -2.40. The molecule has 0 unspecified atom stereocenters. The lowest BCUT2D eigenvalue weighted by Gasteiger charge is -2.31. The van der Waals surface area contributed by atoms with Crippen LogP contribution in [0.5, 0.6) is 0 Å². The number of rotatable bonds is 3. The molecule has 1 aromatic rings. The molecule has 1 saturated heterocycles. The smallest absolute Gasteiger partial charge is 0.293 e. The third kappa shape index (κ3) is 2.44. The average Bonchev–Trinajstić information content (AvgIpc) is 2.39. The van der Waals surface area contributed by atoms with Gasteiger partial charge in [0, 0.05) is 37.9 Å². The molecule has 2 heterocycles. The molecule has 0 amide bonds. The van der Waals surface area contributed by atoms with Gasteiger partial charge in [0.2, 0.25) is 0 Å². The number of aryl methyl sites for hydroxylation is 1. The largest absolute Gasteiger partial charge is 0.352 e. The molecule has 0 aromatic carbocycles. The summed E-state index contributed by atoms with van der Waals surface area (Å²) in [5.41, 5.74) is -0.0405. The standard InChI is InChI=1S/C13H19N3O2/c1-3-15-9-6-14-12(13(15)18)16-7-4-11(5-8-16)10(2)17/h6,9,11H,3-5,7-8H2,1-2H3. The van der Waals surface area contributed by atoms with E-state index in [-0.39, 0.29) is 17.3 Å². The second-order valence-electron chi connectivity index (χ2n) is 4.71. The second kappa shape index (κ2) is 5.33. The first-order valence-electron chi connectivity index (χ1n) is 6.44. The van der Waals surface area contributed by atoms with Crippen LogP contribution < -0.4 is 10.5 Å². The molecule has 1 aliphatic rings. The van der Waals surface area contributed by atoms with E-state index in [1.54, 1.807) is 23.9 Å². The lowest BCUT2D eigenvalue weighted by atomic mass is 9.93. The minimum Gasteiger partial charge on any atom is -0.352 e. The Kier molecular flexibility index (Phi) is 3.79. The Morgan fingerprint density at radius 3 is 2.67 bits per heavy atom. The van der Waals surface area contributed by atoms with E-state index in [4.69, 9.17) is 0 Å². The molecular weight excluding hydrogens is 230 g/mol. The van der Waals surface area contributed by atoms with Crippen molar-refractivity contribution in [2.24, 2.45) is 5.92 Å². The van der Waals surface area contributed by atoms with Gasteiger partial charge in [-0.05, 0) is 26.7 Å². The Morgan fingerprint density at radius 2 is 2.11 bits per heavy atom. The third-order valence-corrected chi connectivity index (χ3v) is 3.61. The topological polar surface area (TPSA) is 55.2 Å². The number of carbonyl (C=O) groups excluding carboxylic acids is 1. The van der Waals surface area contributed by atoms with Crippen LogP contribution in [0.2, 0.25) is 0 Å². The lowest BCUT2D eigenvalue weighted by molar-refractivity contribution is -0.121. The van der Waals surface area contributed by atoms with E-state index in [0.717, 1.165) is 25.9 Å². The van der Waals surface area contributed by atoms with Gasteiger partial charge in [-0.2, -0.15) is 0 Å². The van der Waals surface area contributed by atoms with Crippen molar-refractivity contribution in [2.45, 2.75) is 33.2 Å². The van der Waals surface area contributed by atoms with E-state index in [1.165, 1.54) is 0 Å². The van der Waals surface area contributed by atoms with Crippen molar-refractivity contribution in [1.29, 1.82) is 0 Å². The minimum atomic E-state index is -0.0405. The predicted octanol–water partition coefficient (Wildman–Crippen LogP) is 1.07. The summed E-state index contributed by atoms with van der Waals surface area (Å²) in [6, 6.07) is 0. The highest BCUT2D eigenvalue weighted by atomic mass is 16.1. The molecule has 0 N–H and O–H groups in total. The molecule has 18 heavy (non-hydrogen) atoms. The number of ketones is 1. The Bertz CT molecular complexity index is 487. The third-order valence-electron chi connectivity index (χ3n) is 3.61. The molecule has 0 atom stereocenters. The Hall–Kier alpha value is -1.65. The number of Topliss-reactive ketones (excluding diaryl/α,β-unsaturated/α-hetero) is 1. The van der Waals surface area contributed by atoms with Crippen LogP contribution in [0.15, 0.2) is 17.2 Å². The molecule has 0 saturated carbocycles. The van der Waals surface area contributed by atoms with Crippen LogP contribution in [0.25, 0.3) is 0 Å². The van der Waals surface area contributed by atoms with E-state index < -0.39 is 0 Å². The van der Waals surface area contributed by atoms with Gasteiger partial charge in [0.1, 0.15) is 5.78 Å². The molecular formula is C13H19N3O2. The van der Waals surface area contributed by atoms with Gasteiger partial charge in [0.25, 0.3) is 5.56 Å². The summed E-state index contributed by atoms with van der Waals surface area (Å²) in [6.07, 6.45) is 5.00. The highest BCUT2D eigenvalue weighted by Gasteiger charge is 2.24. The molecule has 2 rings (SSSR count). The van der Waals surface area contributed by atoms with Gasteiger partial charge in [0.15, 0.2) is 5.82 Å². The summed E-state index contributed by atoms with van der Waals surface area (Å²) in [5, 5.41) is 0. The molecule has 1 fully saturated rings. The fourth-order valence-corrected chi connectivity index (χ4v) is 2.40. The maximum Gasteiger partial charge on any atom is 0.293 e. The highest BCUT2D eigenvalue weighted by Crippen LogP contribution is 2.20. The monoisotopic (exact) mass is 249 g/mol. The molecule has 5 heteroatoms. The number of nitrogens with zero attached hydrogens (tertiary/aromatic N) is 3. The van der Waals surface area contributed by atoms with E-state index >= 15 is 0 Å². The zero-order valence-corrected chi connectivity index (χ0v) is 10.9. The second-order valence-corrected chi connectivity index (χ2v) is 4.71. The molecule has 1 aromatic heterocycles. The van der Waals surface area contributed by atoms with E-state index in [2.05, 4.69) is 4.98 Å². The van der Waals surface area contributed by atoms with Crippen LogP contribution in [-0.2, 0) is 11.3 Å². The molecule has 5 nitrogen and oxygen atoms in total. The number of hydrogen-bond acceptors (Lipinski definition) is 4. The van der Waals surface area contributed by atoms with Crippen molar-refractivity contribution < 1.29 is 4.79 Å². The van der Waals surface area contributed by atoms with Crippen molar-refractivity contribution in [1.82, 2.24) is 9.55 Å². The van der Waals surface area contributed by atoms with E-state index in [0.29, 0.717) is 12.4 Å². The maximum atomic E-state index is 12.1. The van der Waals surface area contributed by atoms with Gasteiger partial charge < -0.3 is 9.47 Å². The van der Waals surface area contributed by atoms with Crippen molar-refractivity contribution >= 4 is 11.6 Å². The fourth-order valence-electron chi connectivity index (χ4n) is 2.40. The average molecular weight is 249 g/mol. The van der Waals surface area contributed by atoms with Crippen molar-refractivity contribution in [2.75, 3.05) is 18.0 Å². The van der Waals surface area contributed by atoms with Crippen molar-refractivity contribution in [3.8, 4) is 0 Å². The maximum absolute atomic E-state index is 12.1. The summed E-state index contributed by atoms with van der Waals surface area (Å²) in [7, 11) is 0. The fraction of sp³-hybridized carbons (Fsp3) is 0.615. The normalized spacial score (nSPS) is 16.9. The number of piperidine rings is 1. The van der Waals surface area contributed by atoms with Gasteiger partial charge in [-0.3, -0.25) is 9.59 Å². The van der Waals surface area contributed by atoms with Crippen LogP contribution in [0, 0.1) is 5.92 Å². The van der Waals surface area contributed by atoms with E-state index in [9.17, 15) is 9.59 Å². The highest BCUT2D eigenvalue weighted by molar-refractivity contribution is 5.78. The summed E-state index contributed by atoms with van der Waals surface area (Å²) in [6.45, 7) is 5.71. The number of aromatic nitrogens is 2. The van der Waals surface area contributed by atoms with Crippen molar-refractivity contribution in [3.63, 3.8) is 0 Å². The molecule has 0 bridgehead atoms. The number of hydrogen-bond donors (Lipinski definition) is 0. The SMILES string of the molecule is CCn1ccnc(N2CCC(C(C)=O)CC2)c1=O. The first-order chi connectivity index (χ1) is 8.63. The molecule has 98 valence electrons. The minimum absolute atomic E-state index is 0.0405. The summed E-state index contributed by atoms with van der Waals surface area (Å²) in [5.74, 6) is 0.918. The molecule has 0 aliphatic carbocycles. The Labute approximate surface area is 106 Å². The molecule has 0 spiro atoms. The van der Waals surface area contributed by atoms with Gasteiger partial charge in [-0.25, -0.2) is 4.98 Å². The van der Waals surface area contributed by atoms with E-state index in [1.807, 2.05) is 11.8 Å². The quantitative estimate of drug-likeness (QED) is 0.804. The van der Waals surface area contributed by atoms with Crippen molar-refractivity contribution in [3.05, 3.63) is 22.7 Å². The first-order valence-corrected chi connectivity index (χ1v) is 6.44. The number of anilines is 1. The first kappa shape index (κ1) is 12.8. The van der Waals surface area contributed by atoms with Gasteiger partial charge in [-0.15, -0.1) is 0 Å². The van der Waals surface area contributed by atoms with Crippen LogP contribution in [0.1, 0.15) is 26.7 Å². The van der Waals surface area contributed by atoms with Crippen LogP contribution >= 0.6 is 0 Å². The Balaban J connectivity index is 2.15. The van der Waals surface area contributed by atoms with Gasteiger partial charge >= 0.3 is 0 Å². The predicted molar refractivity (Wildman–Crippen MR) is 69.8 cm³/mol. The van der Waals surface area contributed by atoms with Crippen LogP contribution in [-0.4, -0.2) is 28.4 Å². The molecule has 1 aliphatic heterocycles. The van der Waals surface area contributed by atoms with Gasteiger partial charge in [0.05, 0.1) is 0 Å². The zero-order valence-electron chi connectivity index (χ0n) is 10.9. The summed E-state index contributed by atoms with van der Waals surface area (Å²) in [4.78, 5) is 29.6.